The lowest BCUT2D eigenvalue weighted by molar-refractivity contribution is -0.296. The first-order valence-electron chi connectivity index (χ1n) is 25.8. The molecule has 11 nitrogen and oxygen atoms in total. The molecule has 11 heteroatoms. The van der Waals surface area contributed by atoms with E-state index in [-0.39, 0.29) is 12.3 Å². The number of aliphatic hydroxyl groups is 5. The molecule has 61 heavy (non-hydrogen) atoms. The summed E-state index contributed by atoms with van der Waals surface area (Å²) in [5.74, 6) is -1.84. The van der Waals surface area contributed by atoms with Crippen molar-refractivity contribution in [2.75, 3.05) is 6.61 Å². The van der Waals surface area contributed by atoms with Gasteiger partial charge in [0.15, 0.2) is 12.4 Å². The van der Waals surface area contributed by atoms with Crippen molar-refractivity contribution in [3.05, 3.63) is 0 Å². The standard InChI is InChI=1S/C50H97NO10/c1-3-5-7-9-11-13-15-17-18-19-20-21-22-23-24-25-26-27-29-31-33-35-37-39-43(53)51-41(40-60-50-47(57)45(55)46(56)48(61-50)49(58)59)44(54)42(52)38-36-34-32-30-28-16-14-12-10-8-6-4-2/h41-42,44-48,50,52,54-57H,3-40H2,1-2H3,(H,51,53)(H,58,59)/t41-,42+,44-,45-,46+,47+,48-,50-/m0/s1. The van der Waals surface area contributed by atoms with Gasteiger partial charge in [0, 0.05) is 6.42 Å². The Morgan fingerprint density at radius 3 is 1.21 bits per heavy atom. The van der Waals surface area contributed by atoms with Crippen molar-refractivity contribution in [1.82, 2.24) is 5.32 Å². The molecular formula is C50H97NO10. The average molecular weight is 872 g/mol. The number of amides is 1. The molecule has 0 unspecified atom stereocenters. The van der Waals surface area contributed by atoms with Crippen LogP contribution in [0, 0.1) is 0 Å². The number of ether oxygens (including phenoxy) is 2. The van der Waals surface area contributed by atoms with Gasteiger partial charge in [-0.25, -0.2) is 4.79 Å². The van der Waals surface area contributed by atoms with Gasteiger partial charge >= 0.3 is 5.97 Å². The van der Waals surface area contributed by atoms with Crippen LogP contribution in [0.1, 0.15) is 251 Å². The third-order valence-electron chi connectivity index (χ3n) is 12.8. The van der Waals surface area contributed by atoms with E-state index in [4.69, 9.17) is 9.47 Å². The fourth-order valence-corrected chi connectivity index (χ4v) is 8.60. The molecule has 0 aromatic heterocycles. The van der Waals surface area contributed by atoms with Gasteiger partial charge in [0.1, 0.15) is 24.4 Å². The molecular weight excluding hydrogens is 775 g/mol. The zero-order chi connectivity index (χ0) is 44.8. The maximum atomic E-state index is 13.0. The molecule has 0 spiro atoms. The van der Waals surface area contributed by atoms with Crippen LogP contribution in [-0.4, -0.2) is 98.1 Å². The molecule has 362 valence electrons. The number of carboxylic acid groups (broad SMARTS) is 1. The summed E-state index contributed by atoms with van der Waals surface area (Å²) < 4.78 is 10.8. The van der Waals surface area contributed by atoms with Crippen LogP contribution in [-0.2, 0) is 19.1 Å². The summed E-state index contributed by atoms with van der Waals surface area (Å²) >= 11 is 0. The van der Waals surface area contributed by atoms with Gasteiger partial charge in [-0.1, -0.05) is 232 Å². The Hall–Kier alpha value is -1.34. The van der Waals surface area contributed by atoms with Crippen molar-refractivity contribution in [2.24, 2.45) is 0 Å². The lowest BCUT2D eigenvalue weighted by Crippen LogP contribution is -2.61. The molecule has 7 N–H and O–H groups in total. The topological polar surface area (TPSA) is 186 Å². The Labute approximate surface area is 372 Å². The molecule has 1 fully saturated rings. The van der Waals surface area contributed by atoms with Crippen LogP contribution in [0.3, 0.4) is 0 Å². The zero-order valence-electron chi connectivity index (χ0n) is 39.3. The molecule has 0 bridgehead atoms. The van der Waals surface area contributed by atoms with Crippen molar-refractivity contribution in [2.45, 2.75) is 300 Å². The third-order valence-corrected chi connectivity index (χ3v) is 12.8. The van der Waals surface area contributed by atoms with Crippen LogP contribution in [0.2, 0.25) is 0 Å². The molecule has 0 aromatic carbocycles. The van der Waals surface area contributed by atoms with Crippen LogP contribution < -0.4 is 5.32 Å². The minimum Gasteiger partial charge on any atom is -0.479 e. The van der Waals surface area contributed by atoms with Gasteiger partial charge in [0.25, 0.3) is 0 Å². The summed E-state index contributed by atoms with van der Waals surface area (Å²) in [4.78, 5) is 24.6. The third kappa shape index (κ3) is 30.4. The summed E-state index contributed by atoms with van der Waals surface area (Å²) in [6.07, 6.45) is 33.0. The number of aliphatic hydroxyl groups excluding tert-OH is 5. The summed E-state index contributed by atoms with van der Waals surface area (Å²) in [7, 11) is 0. The maximum Gasteiger partial charge on any atom is 0.335 e. The fraction of sp³-hybridized carbons (Fsp3) is 0.960. The number of aliphatic carboxylic acids is 1. The number of rotatable bonds is 44. The molecule has 1 rings (SSSR count). The molecule has 1 amide bonds. The molecule has 0 radical (unpaired) electrons. The predicted molar refractivity (Wildman–Crippen MR) is 246 cm³/mol. The van der Waals surface area contributed by atoms with Crippen LogP contribution in [0.4, 0.5) is 0 Å². The fourth-order valence-electron chi connectivity index (χ4n) is 8.60. The van der Waals surface area contributed by atoms with Crippen molar-refractivity contribution in [1.29, 1.82) is 0 Å². The van der Waals surface area contributed by atoms with Crippen LogP contribution in [0.25, 0.3) is 0 Å². The smallest absolute Gasteiger partial charge is 0.335 e. The van der Waals surface area contributed by atoms with E-state index < -0.39 is 61.5 Å². The van der Waals surface area contributed by atoms with Gasteiger partial charge in [-0.05, 0) is 12.8 Å². The van der Waals surface area contributed by atoms with Gasteiger partial charge < -0.3 is 45.4 Å². The summed E-state index contributed by atoms with van der Waals surface area (Å²) in [6, 6.07) is -1.08. The van der Waals surface area contributed by atoms with Crippen molar-refractivity contribution < 1.29 is 49.7 Å². The number of carboxylic acids is 1. The average Bonchev–Trinajstić information content (AvgIpc) is 3.25. The summed E-state index contributed by atoms with van der Waals surface area (Å²) in [5, 5.41) is 64.9. The van der Waals surface area contributed by atoms with Gasteiger partial charge in [0.2, 0.25) is 5.91 Å². The van der Waals surface area contributed by atoms with Crippen LogP contribution in [0.5, 0.6) is 0 Å². The van der Waals surface area contributed by atoms with E-state index in [1.54, 1.807) is 0 Å². The highest BCUT2D eigenvalue weighted by atomic mass is 16.7. The summed E-state index contributed by atoms with van der Waals surface area (Å²) in [5.41, 5.74) is 0. The lowest BCUT2D eigenvalue weighted by atomic mass is 9.98. The van der Waals surface area contributed by atoms with Gasteiger partial charge in [0.05, 0.1) is 18.8 Å². The first-order valence-corrected chi connectivity index (χ1v) is 25.8. The van der Waals surface area contributed by atoms with E-state index in [9.17, 15) is 40.2 Å². The van der Waals surface area contributed by atoms with Crippen molar-refractivity contribution in [3.8, 4) is 0 Å². The molecule has 8 atom stereocenters. The molecule has 0 saturated carbocycles. The number of nitrogens with one attached hydrogen (secondary N) is 1. The zero-order valence-corrected chi connectivity index (χ0v) is 39.3. The SMILES string of the molecule is CCCCCCCCCCCCCCCCCCCCCCCCCC(=O)N[C@@H](CO[C@H]1O[C@H](C(=O)O)[C@H](O)[C@H](O)[C@H]1O)[C@H](O)[C@H](O)CCCCCCCCCCCCCC. The Kier molecular flexibility index (Phi) is 38.0. The van der Waals surface area contributed by atoms with E-state index in [1.807, 2.05) is 0 Å². The highest BCUT2D eigenvalue weighted by Crippen LogP contribution is 2.24. The van der Waals surface area contributed by atoms with Gasteiger partial charge in [-0.15, -0.1) is 0 Å². The van der Waals surface area contributed by atoms with E-state index >= 15 is 0 Å². The normalized spacial score (nSPS) is 20.7. The maximum absolute atomic E-state index is 13.0. The largest absolute Gasteiger partial charge is 0.479 e. The number of carbonyl (C=O) groups is 2. The van der Waals surface area contributed by atoms with Crippen molar-refractivity contribution >= 4 is 11.9 Å². The predicted octanol–water partition coefficient (Wildman–Crippen LogP) is 10.6. The monoisotopic (exact) mass is 872 g/mol. The number of unbranched alkanes of at least 4 members (excludes halogenated alkanes) is 33. The molecule has 0 aliphatic carbocycles. The highest BCUT2D eigenvalue weighted by molar-refractivity contribution is 5.76. The number of hydrogen-bond donors (Lipinski definition) is 7. The quantitative estimate of drug-likeness (QED) is 0.0291. The summed E-state index contributed by atoms with van der Waals surface area (Å²) in [6.45, 7) is 4.09. The molecule has 1 aliphatic rings. The second-order valence-corrected chi connectivity index (χ2v) is 18.5. The Bertz CT molecular complexity index is 1000. The second-order valence-electron chi connectivity index (χ2n) is 18.5. The van der Waals surface area contributed by atoms with E-state index in [1.165, 1.54) is 173 Å². The van der Waals surface area contributed by atoms with Crippen LogP contribution in [0.15, 0.2) is 0 Å². The van der Waals surface area contributed by atoms with Crippen molar-refractivity contribution in [3.63, 3.8) is 0 Å². The number of carbonyl (C=O) groups excluding carboxylic acids is 1. The Morgan fingerprint density at radius 2 is 0.852 bits per heavy atom. The minimum atomic E-state index is -1.87. The van der Waals surface area contributed by atoms with E-state index in [0.29, 0.717) is 19.3 Å². The first kappa shape index (κ1) is 57.7. The van der Waals surface area contributed by atoms with Crippen LogP contribution >= 0.6 is 0 Å². The van der Waals surface area contributed by atoms with Gasteiger partial charge in [-0.2, -0.15) is 0 Å². The van der Waals surface area contributed by atoms with E-state index in [2.05, 4.69) is 19.2 Å². The highest BCUT2D eigenvalue weighted by Gasteiger charge is 2.48. The Morgan fingerprint density at radius 1 is 0.508 bits per heavy atom. The Balaban J connectivity index is 2.30. The molecule has 1 saturated heterocycles. The first-order chi connectivity index (χ1) is 29.6. The van der Waals surface area contributed by atoms with Gasteiger partial charge in [-0.3, -0.25) is 4.79 Å². The van der Waals surface area contributed by atoms with E-state index in [0.717, 1.165) is 38.5 Å². The second kappa shape index (κ2) is 40.2. The lowest BCUT2D eigenvalue weighted by Gasteiger charge is -2.39. The minimum absolute atomic E-state index is 0.242. The molecule has 1 heterocycles. The molecule has 1 aliphatic heterocycles. The number of hydrogen-bond acceptors (Lipinski definition) is 9. The molecule has 0 aromatic rings.